The molecule has 3 saturated carbocycles. The Labute approximate surface area is 111 Å². The summed E-state index contributed by atoms with van der Waals surface area (Å²) in [5.41, 5.74) is -0.0578. The zero-order valence-electron chi connectivity index (χ0n) is 12.0. The molecular formula is C16H27NO. The van der Waals surface area contributed by atoms with Crippen LogP contribution in [0.3, 0.4) is 0 Å². The average Bonchev–Trinajstić information content (AvgIpc) is 3.13. The van der Waals surface area contributed by atoms with Crippen LogP contribution in [-0.4, -0.2) is 29.8 Å². The Morgan fingerprint density at radius 2 is 1.83 bits per heavy atom. The summed E-state index contributed by atoms with van der Waals surface area (Å²) in [6.07, 6.45) is 9.06. The smallest absolute Gasteiger partial charge is 0.142 e. The monoisotopic (exact) mass is 249 g/mol. The Morgan fingerprint density at radius 1 is 1.11 bits per heavy atom. The highest BCUT2D eigenvalue weighted by Crippen LogP contribution is 2.39. The minimum absolute atomic E-state index is 0.0578. The number of carbonyl (C=O) groups is 1. The molecule has 0 radical (unpaired) electrons. The molecule has 0 bridgehead atoms. The Kier molecular flexibility index (Phi) is 3.25. The summed E-state index contributed by atoms with van der Waals surface area (Å²) in [4.78, 5) is 15.2. The molecule has 0 saturated heterocycles. The summed E-state index contributed by atoms with van der Waals surface area (Å²) in [6, 6.07) is 0.823. The van der Waals surface area contributed by atoms with Crippen LogP contribution in [0.15, 0.2) is 0 Å². The standard InChI is InChI=1S/C16H27NO/c1-16(2)9-3-4-13(15(16)18)11-17(14-7-8-14)10-12-5-6-12/h12-14H,3-11H2,1-2H3. The van der Waals surface area contributed by atoms with Crippen LogP contribution in [0.5, 0.6) is 0 Å². The molecule has 3 rings (SSSR count). The van der Waals surface area contributed by atoms with E-state index in [-0.39, 0.29) is 5.41 Å². The first kappa shape index (κ1) is 12.7. The molecule has 2 heteroatoms. The van der Waals surface area contributed by atoms with Gasteiger partial charge in [0.25, 0.3) is 0 Å². The van der Waals surface area contributed by atoms with Crippen LogP contribution in [0.4, 0.5) is 0 Å². The Morgan fingerprint density at radius 3 is 2.44 bits per heavy atom. The second-order valence-electron chi connectivity index (χ2n) is 7.47. The topological polar surface area (TPSA) is 20.3 Å². The Bertz CT molecular complexity index is 328. The molecule has 2 nitrogen and oxygen atoms in total. The van der Waals surface area contributed by atoms with Gasteiger partial charge in [0.05, 0.1) is 0 Å². The molecule has 0 spiro atoms. The van der Waals surface area contributed by atoms with Crippen molar-refractivity contribution in [3.63, 3.8) is 0 Å². The first-order valence-electron chi connectivity index (χ1n) is 7.84. The van der Waals surface area contributed by atoms with Crippen molar-refractivity contribution in [1.82, 2.24) is 4.90 Å². The normalized spacial score (nSPS) is 31.9. The van der Waals surface area contributed by atoms with Crippen molar-refractivity contribution in [2.45, 2.75) is 64.8 Å². The molecule has 18 heavy (non-hydrogen) atoms. The zero-order valence-corrected chi connectivity index (χ0v) is 12.0. The summed E-state index contributed by atoms with van der Waals surface area (Å²) in [5.74, 6) is 1.82. The van der Waals surface area contributed by atoms with Gasteiger partial charge in [-0.25, -0.2) is 0 Å². The SMILES string of the molecule is CC1(C)CCCC(CN(CC2CC2)C2CC2)C1=O. The number of carbonyl (C=O) groups excluding carboxylic acids is 1. The molecule has 0 N–H and O–H groups in total. The molecule has 0 aromatic rings. The lowest BCUT2D eigenvalue weighted by molar-refractivity contribution is -0.135. The van der Waals surface area contributed by atoms with Gasteiger partial charge in [0, 0.05) is 30.5 Å². The molecular weight excluding hydrogens is 222 g/mol. The third-order valence-electron chi connectivity index (χ3n) is 5.10. The molecule has 3 aliphatic rings. The minimum Gasteiger partial charge on any atom is -0.299 e. The minimum atomic E-state index is -0.0578. The first-order valence-corrected chi connectivity index (χ1v) is 7.84. The largest absolute Gasteiger partial charge is 0.299 e. The van der Waals surface area contributed by atoms with E-state index in [1.807, 2.05) is 0 Å². The van der Waals surface area contributed by atoms with Gasteiger partial charge in [-0.3, -0.25) is 9.69 Å². The number of rotatable bonds is 5. The van der Waals surface area contributed by atoms with E-state index >= 15 is 0 Å². The summed E-state index contributed by atoms with van der Waals surface area (Å²) < 4.78 is 0. The predicted octanol–water partition coefficient (Wildman–Crippen LogP) is 3.26. The van der Waals surface area contributed by atoms with Crippen LogP contribution in [0.25, 0.3) is 0 Å². The maximum Gasteiger partial charge on any atom is 0.142 e. The van der Waals surface area contributed by atoms with Crippen molar-refractivity contribution in [1.29, 1.82) is 0 Å². The summed E-state index contributed by atoms with van der Waals surface area (Å²) >= 11 is 0. The van der Waals surface area contributed by atoms with Crippen molar-refractivity contribution < 1.29 is 4.79 Å². The highest BCUT2D eigenvalue weighted by Gasteiger charge is 2.41. The van der Waals surface area contributed by atoms with Gasteiger partial charge in [0.1, 0.15) is 5.78 Å². The zero-order chi connectivity index (χ0) is 12.8. The van der Waals surface area contributed by atoms with Crippen molar-refractivity contribution in [2.24, 2.45) is 17.3 Å². The number of hydrogen-bond donors (Lipinski definition) is 0. The van der Waals surface area contributed by atoms with Crippen LogP contribution in [0.1, 0.15) is 58.8 Å². The molecule has 0 amide bonds. The molecule has 3 aliphatic carbocycles. The van der Waals surface area contributed by atoms with E-state index in [9.17, 15) is 4.79 Å². The van der Waals surface area contributed by atoms with Crippen LogP contribution >= 0.6 is 0 Å². The van der Waals surface area contributed by atoms with Gasteiger partial charge in [-0.05, 0) is 44.4 Å². The van der Waals surface area contributed by atoms with E-state index < -0.39 is 0 Å². The van der Waals surface area contributed by atoms with Crippen molar-refractivity contribution in [3.05, 3.63) is 0 Å². The number of hydrogen-bond acceptors (Lipinski definition) is 2. The van der Waals surface area contributed by atoms with E-state index in [4.69, 9.17) is 0 Å². The molecule has 0 aromatic heterocycles. The molecule has 0 aromatic carbocycles. The fourth-order valence-electron chi connectivity index (χ4n) is 3.50. The first-order chi connectivity index (χ1) is 8.56. The van der Waals surface area contributed by atoms with Crippen LogP contribution in [0.2, 0.25) is 0 Å². The van der Waals surface area contributed by atoms with Crippen molar-refractivity contribution >= 4 is 5.78 Å². The van der Waals surface area contributed by atoms with E-state index in [2.05, 4.69) is 18.7 Å². The van der Waals surface area contributed by atoms with Crippen molar-refractivity contribution in [2.75, 3.05) is 13.1 Å². The number of Topliss-reactive ketones (excluding diaryl/α,β-unsaturated/α-hetero) is 1. The van der Waals surface area contributed by atoms with E-state index in [0.29, 0.717) is 11.7 Å². The molecule has 1 unspecified atom stereocenters. The van der Waals surface area contributed by atoms with E-state index in [1.165, 1.54) is 38.6 Å². The van der Waals surface area contributed by atoms with Gasteiger partial charge in [0.2, 0.25) is 0 Å². The van der Waals surface area contributed by atoms with Gasteiger partial charge >= 0.3 is 0 Å². The lowest BCUT2D eigenvalue weighted by Crippen LogP contribution is -2.43. The van der Waals surface area contributed by atoms with Crippen LogP contribution in [-0.2, 0) is 4.79 Å². The molecule has 0 heterocycles. The summed E-state index contributed by atoms with van der Waals surface area (Å²) in [7, 11) is 0. The number of ketones is 1. The summed E-state index contributed by atoms with van der Waals surface area (Å²) in [5, 5.41) is 0. The third-order valence-corrected chi connectivity index (χ3v) is 5.10. The van der Waals surface area contributed by atoms with Crippen LogP contribution < -0.4 is 0 Å². The quantitative estimate of drug-likeness (QED) is 0.745. The second-order valence-corrected chi connectivity index (χ2v) is 7.47. The molecule has 0 aliphatic heterocycles. The van der Waals surface area contributed by atoms with E-state index in [1.54, 1.807) is 0 Å². The highest BCUT2D eigenvalue weighted by molar-refractivity contribution is 5.87. The predicted molar refractivity (Wildman–Crippen MR) is 73.4 cm³/mol. The molecule has 3 fully saturated rings. The average molecular weight is 249 g/mol. The second kappa shape index (κ2) is 4.63. The fourth-order valence-corrected chi connectivity index (χ4v) is 3.50. The molecule has 1 atom stereocenters. The Balaban J connectivity index is 1.60. The van der Waals surface area contributed by atoms with Crippen LogP contribution in [0, 0.1) is 17.3 Å². The maximum absolute atomic E-state index is 12.5. The summed E-state index contributed by atoms with van der Waals surface area (Å²) in [6.45, 7) is 6.62. The van der Waals surface area contributed by atoms with E-state index in [0.717, 1.165) is 31.3 Å². The fraction of sp³-hybridized carbons (Fsp3) is 0.938. The van der Waals surface area contributed by atoms with Gasteiger partial charge in [-0.15, -0.1) is 0 Å². The Hall–Kier alpha value is -0.370. The number of nitrogens with zero attached hydrogens (tertiary/aromatic N) is 1. The lowest BCUT2D eigenvalue weighted by Gasteiger charge is -2.36. The lowest BCUT2D eigenvalue weighted by atomic mass is 9.71. The van der Waals surface area contributed by atoms with Gasteiger partial charge in [-0.2, -0.15) is 0 Å². The van der Waals surface area contributed by atoms with Crippen molar-refractivity contribution in [3.8, 4) is 0 Å². The highest BCUT2D eigenvalue weighted by atomic mass is 16.1. The molecule has 102 valence electrons. The maximum atomic E-state index is 12.5. The third kappa shape index (κ3) is 2.79. The van der Waals surface area contributed by atoms with Gasteiger partial charge in [0.15, 0.2) is 0 Å². The van der Waals surface area contributed by atoms with Gasteiger partial charge in [-0.1, -0.05) is 20.3 Å². The van der Waals surface area contributed by atoms with Gasteiger partial charge < -0.3 is 0 Å².